The molecular weight excluding hydrogens is 368 g/mol. The molecule has 2 fully saturated rings. The summed E-state index contributed by atoms with van der Waals surface area (Å²) < 4.78 is 5.00. The van der Waals surface area contributed by atoms with Crippen LogP contribution in [0, 0.1) is 17.2 Å². The molecule has 2 aliphatic rings. The van der Waals surface area contributed by atoms with Crippen LogP contribution in [0.2, 0.25) is 0 Å². The van der Waals surface area contributed by atoms with Gasteiger partial charge in [-0.15, -0.1) is 0 Å². The fraction of sp³-hybridized carbons (Fsp3) is 0.591. The van der Waals surface area contributed by atoms with Crippen molar-refractivity contribution in [1.29, 1.82) is 5.26 Å². The van der Waals surface area contributed by atoms with Gasteiger partial charge in [-0.25, -0.2) is 0 Å². The number of ether oxygens (including phenoxy) is 1. The number of nitriles is 1. The van der Waals surface area contributed by atoms with Crippen molar-refractivity contribution in [2.75, 3.05) is 46.4 Å². The van der Waals surface area contributed by atoms with E-state index in [0.717, 1.165) is 51.9 Å². The lowest BCUT2D eigenvalue weighted by atomic mass is 9.93. The first-order valence-corrected chi connectivity index (χ1v) is 10.4. The Morgan fingerprint density at radius 3 is 2.55 bits per heavy atom. The third kappa shape index (κ3) is 5.55. The average Bonchev–Trinajstić information content (AvgIpc) is 2.79. The van der Waals surface area contributed by atoms with Gasteiger partial charge in [0.25, 0.3) is 5.91 Å². The summed E-state index contributed by atoms with van der Waals surface area (Å²) in [6, 6.07) is 9.33. The Kier molecular flexibility index (Phi) is 7.62. The molecule has 156 valence electrons. The number of hydrogen-bond acceptors (Lipinski definition) is 5. The van der Waals surface area contributed by atoms with E-state index in [9.17, 15) is 9.59 Å². The zero-order valence-electron chi connectivity index (χ0n) is 17.1. The molecule has 1 aromatic rings. The van der Waals surface area contributed by atoms with Crippen LogP contribution in [-0.4, -0.2) is 74.1 Å². The zero-order chi connectivity index (χ0) is 20.6. The molecule has 2 saturated heterocycles. The Morgan fingerprint density at radius 1 is 1.17 bits per heavy atom. The van der Waals surface area contributed by atoms with Crippen molar-refractivity contribution in [2.45, 2.75) is 31.7 Å². The number of carbonyl (C=O) groups is 2. The van der Waals surface area contributed by atoms with E-state index in [2.05, 4.69) is 16.3 Å². The van der Waals surface area contributed by atoms with E-state index in [4.69, 9.17) is 10.00 Å². The van der Waals surface area contributed by atoms with Crippen LogP contribution in [-0.2, 0) is 9.53 Å². The van der Waals surface area contributed by atoms with Crippen molar-refractivity contribution < 1.29 is 14.3 Å². The number of nitrogens with one attached hydrogen (secondary N) is 1. The second kappa shape index (κ2) is 10.4. The molecule has 7 heteroatoms. The zero-order valence-corrected chi connectivity index (χ0v) is 17.1. The minimum atomic E-state index is 0.0296. The molecular formula is C22H30N4O3. The second-order valence-corrected chi connectivity index (χ2v) is 7.83. The number of benzene rings is 1. The van der Waals surface area contributed by atoms with Gasteiger partial charge < -0.3 is 15.0 Å². The Morgan fingerprint density at radius 2 is 1.90 bits per heavy atom. The molecule has 2 aliphatic heterocycles. The summed E-state index contributed by atoms with van der Waals surface area (Å²) >= 11 is 0. The summed E-state index contributed by atoms with van der Waals surface area (Å²) in [6.07, 6.45) is 3.83. The molecule has 1 aromatic carbocycles. The SMILES string of the molecule is COCCNC(=O)[C@@H]1CCCN(C2CCN(C(=O)c3ccc(C#N)cc3)CC2)C1. The monoisotopic (exact) mass is 398 g/mol. The van der Waals surface area contributed by atoms with Crippen molar-refractivity contribution in [3.63, 3.8) is 0 Å². The predicted molar refractivity (Wildman–Crippen MR) is 109 cm³/mol. The molecule has 29 heavy (non-hydrogen) atoms. The molecule has 0 aliphatic carbocycles. The Bertz CT molecular complexity index is 735. The summed E-state index contributed by atoms with van der Waals surface area (Å²) in [5.74, 6) is 0.195. The minimum Gasteiger partial charge on any atom is -0.383 e. The van der Waals surface area contributed by atoms with Crippen LogP contribution in [0.5, 0.6) is 0 Å². The van der Waals surface area contributed by atoms with Crippen LogP contribution in [0.4, 0.5) is 0 Å². The third-order valence-electron chi connectivity index (χ3n) is 5.96. The van der Waals surface area contributed by atoms with Crippen molar-refractivity contribution in [3.8, 4) is 6.07 Å². The van der Waals surface area contributed by atoms with E-state index in [1.165, 1.54) is 0 Å². The second-order valence-electron chi connectivity index (χ2n) is 7.83. The maximum Gasteiger partial charge on any atom is 0.253 e. The van der Waals surface area contributed by atoms with Crippen LogP contribution in [0.25, 0.3) is 0 Å². The highest BCUT2D eigenvalue weighted by Crippen LogP contribution is 2.24. The number of nitrogens with zero attached hydrogens (tertiary/aromatic N) is 3. The number of methoxy groups -OCH3 is 1. The average molecular weight is 399 g/mol. The lowest BCUT2D eigenvalue weighted by Gasteiger charge is -2.42. The van der Waals surface area contributed by atoms with E-state index in [-0.39, 0.29) is 17.7 Å². The largest absolute Gasteiger partial charge is 0.383 e. The number of carbonyl (C=O) groups excluding carboxylic acids is 2. The van der Waals surface area contributed by atoms with E-state index >= 15 is 0 Å². The summed E-state index contributed by atoms with van der Waals surface area (Å²) in [4.78, 5) is 29.4. The fourth-order valence-corrected chi connectivity index (χ4v) is 4.28. The van der Waals surface area contributed by atoms with Crippen LogP contribution in [0.1, 0.15) is 41.6 Å². The molecule has 7 nitrogen and oxygen atoms in total. The quantitative estimate of drug-likeness (QED) is 0.737. The highest BCUT2D eigenvalue weighted by atomic mass is 16.5. The molecule has 0 unspecified atom stereocenters. The molecule has 0 radical (unpaired) electrons. The van der Waals surface area contributed by atoms with Crippen LogP contribution >= 0.6 is 0 Å². The Labute approximate surface area is 172 Å². The first kappa shape index (κ1) is 21.3. The van der Waals surface area contributed by atoms with Gasteiger partial charge in [0, 0.05) is 44.9 Å². The molecule has 0 aromatic heterocycles. The molecule has 1 N–H and O–H groups in total. The normalized spacial score (nSPS) is 20.8. The Balaban J connectivity index is 1.48. The van der Waals surface area contributed by atoms with Gasteiger partial charge in [-0.05, 0) is 56.5 Å². The van der Waals surface area contributed by atoms with E-state index in [1.54, 1.807) is 31.4 Å². The number of piperidine rings is 2. The van der Waals surface area contributed by atoms with Gasteiger partial charge in [0.05, 0.1) is 24.2 Å². The van der Waals surface area contributed by atoms with Gasteiger partial charge in [0.2, 0.25) is 5.91 Å². The van der Waals surface area contributed by atoms with E-state index in [0.29, 0.717) is 30.3 Å². The maximum atomic E-state index is 12.7. The highest BCUT2D eigenvalue weighted by Gasteiger charge is 2.32. The van der Waals surface area contributed by atoms with Gasteiger partial charge in [0.1, 0.15) is 0 Å². The number of likely N-dealkylation sites (tertiary alicyclic amines) is 2. The summed E-state index contributed by atoms with van der Waals surface area (Å²) in [7, 11) is 1.63. The molecule has 2 heterocycles. The van der Waals surface area contributed by atoms with Crippen LogP contribution < -0.4 is 5.32 Å². The third-order valence-corrected chi connectivity index (χ3v) is 5.96. The number of rotatable bonds is 6. The van der Waals surface area contributed by atoms with Gasteiger partial charge in [-0.1, -0.05) is 0 Å². The molecule has 2 amide bonds. The summed E-state index contributed by atoms with van der Waals surface area (Å²) in [5.41, 5.74) is 1.19. The first-order chi connectivity index (χ1) is 14.1. The fourth-order valence-electron chi connectivity index (χ4n) is 4.28. The first-order valence-electron chi connectivity index (χ1n) is 10.4. The molecule has 0 saturated carbocycles. The molecule has 3 rings (SSSR count). The number of hydrogen-bond donors (Lipinski definition) is 1. The van der Waals surface area contributed by atoms with Gasteiger partial charge in [-0.3, -0.25) is 14.5 Å². The maximum absolute atomic E-state index is 12.7. The van der Waals surface area contributed by atoms with E-state index < -0.39 is 0 Å². The van der Waals surface area contributed by atoms with Gasteiger partial charge in [-0.2, -0.15) is 5.26 Å². The van der Waals surface area contributed by atoms with Crippen molar-refractivity contribution in [2.24, 2.45) is 5.92 Å². The van der Waals surface area contributed by atoms with Crippen molar-refractivity contribution in [3.05, 3.63) is 35.4 Å². The van der Waals surface area contributed by atoms with Crippen molar-refractivity contribution >= 4 is 11.8 Å². The standard InChI is InChI=1S/C22H30N4O3/c1-29-14-10-24-21(27)19-3-2-11-26(16-19)20-8-12-25(13-9-20)22(28)18-6-4-17(15-23)5-7-18/h4-7,19-20H,2-3,8-14,16H2,1H3,(H,24,27)/t19-/m1/s1. The minimum absolute atomic E-state index is 0.0296. The lowest BCUT2D eigenvalue weighted by molar-refractivity contribution is -0.127. The van der Waals surface area contributed by atoms with Crippen LogP contribution in [0.3, 0.4) is 0 Å². The smallest absolute Gasteiger partial charge is 0.253 e. The van der Waals surface area contributed by atoms with Gasteiger partial charge >= 0.3 is 0 Å². The van der Waals surface area contributed by atoms with Crippen molar-refractivity contribution in [1.82, 2.24) is 15.1 Å². The molecule has 0 bridgehead atoms. The highest BCUT2D eigenvalue weighted by molar-refractivity contribution is 5.94. The summed E-state index contributed by atoms with van der Waals surface area (Å²) in [5, 5.41) is 11.9. The van der Waals surface area contributed by atoms with E-state index in [1.807, 2.05) is 4.90 Å². The Hall–Kier alpha value is -2.43. The molecule has 1 atom stereocenters. The van der Waals surface area contributed by atoms with Gasteiger partial charge in [0.15, 0.2) is 0 Å². The lowest BCUT2D eigenvalue weighted by Crippen LogP contribution is -2.51. The molecule has 0 spiro atoms. The van der Waals surface area contributed by atoms with Crippen LogP contribution in [0.15, 0.2) is 24.3 Å². The number of amides is 2. The predicted octanol–water partition coefficient (Wildman–Crippen LogP) is 1.64. The topological polar surface area (TPSA) is 85.7 Å². The summed E-state index contributed by atoms with van der Waals surface area (Å²) in [6.45, 7) is 4.37.